The second-order valence-electron chi connectivity index (χ2n) is 7.84. The SMILES string of the molecule is CCCCCCCCCCCCCCCCCCCCCC[CH]C#N. The Morgan fingerprint density at radius 2 is 0.760 bits per heavy atom. The topological polar surface area (TPSA) is 23.8 Å². The maximum atomic E-state index is 8.42. The third kappa shape index (κ3) is 23.5. The van der Waals surface area contributed by atoms with E-state index in [1.807, 2.05) is 0 Å². The number of nitriles is 1. The van der Waals surface area contributed by atoms with E-state index >= 15 is 0 Å². The summed E-state index contributed by atoms with van der Waals surface area (Å²) in [5.41, 5.74) is 0. The average Bonchev–Trinajstić information content (AvgIpc) is 2.63. The zero-order valence-electron chi connectivity index (χ0n) is 17.4. The molecule has 0 rings (SSSR count). The molecule has 147 valence electrons. The molecular formula is C24H46N. The van der Waals surface area contributed by atoms with E-state index in [2.05, 4.69) is 13.0 Å². The smallest absolute Gasteiger partial charge is 0.0669 e. The molecule has 0 aromatic carbocycles. The number of hydrogen-bond acceptors (Lipinski definition) is 1. The van der Waals surface area contributed by atoms with Gasteiger partial charge < -0.3 is 0 Å². The van der Waals surface area contributed by atoms with Crippen molar-refractivity contribution in [2.75, 3.05) is 0 Å². The lowest BCUT2D eigenvalue weighted by atomic mass is 10.0. The summed E-state index contributed by atoms with van der Waals surface area (Å²) in [5, 5.41) is 8.42. The molecular weight excluding hydrogens is 302 g/mol. The number of rotatable bonds is 21. The van der Waals surface area contributed by atoms with Gasteiger partial charge in [-0.25, -0.2) is 0 Å². The van der Waals surface area contributed by atoms with Crippen molar-refractivity contribution in [2.45, 2.75) is 142 Å². The van der Waals surface area contributed by atoms with Crippen LogP contribution in [0.2, 0.25) is 0 Å². The minimum atomic E-state index is 0.982. The van der Waals surface area contributed by atoms with E-state index in [9.17, 15) is 0 Å². The van der Waals surface area contributed by atoms with Crippen LogP contribution in [0.3, 0.4) is 0 Å². The highest BCUT2D eigenvalue weighted by Crippen LogP contribution is 2.15. The van der Waals surface area contributed by atoms with E-state index in [1.54, 1.807) is 6.42 Å². The van der Waals surface area contributed by atoms with E-state index in [4.69, 9.17) is 5.26 Å². The van der Waals surface area contributed by atoms with Crippen LogP contribution in [0.4, 0.5) is 0 Å². The Balaban J connectivity index is 2.95. The lowest BCUT2D eigenvalue weighted by molar-refractivity contribution is 0.522. The summed E-state index contributed by atoms with van der Waals surface area (Å²) < 4.78 is 0. The van der Waals surface area contributed by atoms with Crippen molar-refractivity contribution < 1.29 is 0 Å². The van der Waals surface area contributed by atoms with E-state index in [-0.39, 0.29) is 0 Å². The predicted octanol–water partition coefficient (Wildman–Crippen LogP) is 8.93. The quantitative estimate of drug-likeness (QED) is 0.190. The first kappa shape index (κ1) is 24.5. The van der Waals surface area contributed by atoms with Gasteiger partial charge in [0.15, 0.2) is 0 Å². The van der Waals surface area contributed by atoms with Crippen molar-refractivity contribution in [1.82, 2.24) is 0 Å². The highest BCUT2D eigenvalue weighted by Gasteiger charge is 1.95. The molecule has 0 aliphatic rings. The van der Waals surface area contributed by atoms with Crippen molar-refractivity contribution >= 4 is 0 Å². The summed E-state index contributed by atoms with van der Waals surface area (Å²) in [5.74, 6) is 0. The lowest BCUT2D eigenvalue weighted by Gasteiger charge is -2.04. The molecule has 0 atom stereocenters. The fraction of sp³-hybridized carbons (Fsp3) is 0.917. The summed E-state index contributed by atoms with van der Waals surface area (Å²) in [7, 11) is 0. The van der Waals surface area contributed by atoms with Crippen LogP contribution in [0, 0.1) is 17.8 Å². The Morgan fingerprint density at radius 3 is 1.04 bits per heavy atom. The molecule has 0 unspecified atom stereocenters. The highest BCUT2D eigenvalue weighted by molar-refractivity contribution is 4.90. The van der Waals surface area contributed by atoms with Gasteiger partial charge in [0, 0.05) is 0 Å². The number of nitrogens with zero attached hydrogens (tertiary/aromatic N) is 1. The van der Waals surface area contributed by atoms with E-state index < -0.39 is 0 Å². The summed E-state index contributed by atoms with van der Waals surface area (Å²) in [6.07, 6.45) is 31.2. The van der Waals surface area contributed by atoms with Crippen LogP contribution in [-0.2, 0) is 0 Å². The Morgan fingerprint density at radius 1 is 0.480 bits per heavy atom. The lowest BCUT2D eigenvalue weighted by Crippen LogP contribution is -1.84. The van der Waals surface area contributed by atoms with Gasteiger partial charge in [-0.1, -0.05) is 135 Å². The number of unbranched alkanes of at least 4 members (excludes halogenated alkanes) is 21. The van der Waals surface area contributed by atoms with Gasteiger partial charge in [-0.05, 0) is 6.42 Å². The van der Waals surface area contributed by atoms with E-state index in [0.29, 0.717) is 0 Å². The first-order valence-corrected chi connectivity index (χ1v) is 11.6. The van der Waals surface area contributed by atoms with Gasteiger partial charge in [0.1, 0.15) is 0 Å². The summed E-state index contributed by atoms with van der Waals surface area (Å²) in [6.45, 7) is 2.29. The molecule has 0 saturated heterocycles. The van der Waals surface area contributed by atoms with Gasteiger partial charge in [0.25, 0.3) is 0 Å². The molecule has 0 aliphatic heterocycles. The highest BCUT2D eigenvalue weighted by atomic mass is 14.2. The van der Waals surface area contributed by atoms with Gasteiger partial charge in [-0.15, -0.1) is 0 Å². The zero-order valence-corrected chi connectivity index (χ0v) is 17.4. The van der Waals surface area contributed by atoms with Gasteiger partial charge in [0.05, 0.1) is 12.5 Å². The standard InChI is InChI=1S/C24H46N/c1-2-3-4-5-6-7-8-9-10-11-12-13-14-15-16-17-18-19-20-21-22-23-24-25/h23H,2-22H2,1H3. The molecule has 0 saturated carbocycles. The molecule has 0 aromatic rings. The molecule has 0 aromatic heterocycles. The van der Waals surface area contributed by atoms with Crippen molar-refractivity contribution in [3.8, 4) is 6.07 Å². The fourth-order valence-corrected chi connectivity index (χ4v) is 3.57. The van der Waals surface area contributed by atoms with Crippen LogP contribution in [0.5, 0.6) is 0 Å². The zero-order chi connectivity index (χ0) is 18.3. The summed E-state index contributed by atoms with van der Waals surface area (Å²) in [6, 6.07) is 2.10. The van der Waals surface area contributed by atoms with Crippen molar-refractivity contribution in [2.24, 2.45) is 0 Å². The molecule has 0 amide bonds. The largest absolute Gasteiger partial charge is 0.198 e. The molecule has 0 spiro atoms. The second kappa shape index (κ2) is 23.5. The van der Waals surface area contributed by atoms with Crippen molar-refractivity contribution in [3.63, 3.8) is 0 Å². The first-order valence-electron chi connectivity index (χ1n) is 11.6. The Labute approximate surface area is 160 Å². The molecule has 25 heavy (non-hydrogen) atoms. The Bertz CT molecular complexity index is 266. The van der Waals surface area contributed by atoms with Gasteiger partial charge in [0.2, 0.25) is 0 Å². The maximum absolute atomic E-state index is 8.42. The van der Waals surface area contributed by atoms with Crippen molar-refractivity contribution in [1.29, 1.82) is 5.26 Å². The molecule has 0 aliphatic carbocycles. The first-order chi connectivity index (χ1) is 12.4. The van der Waals surface area contributed by atoms with Gasteiger partial charge >= 0.3 is 0 Å². The molecule has 0 heterocycles. The fourth-order valence-electron chi connectivity index (χ4n) is 3.57. The summed E-state index contributed by atoms with van der Waals surface area (Å²) in [4.78, 5) is 0. The normalized spacial score (nSPS) is 10.9. The Hall–Kier alpha value is -0.510. The minimum absolute atomic E-state index is 0.982. The van der Waals surface area contributed by atoms with Crippen LogP contribution in [-0.4, -0.2) is 0 Å². The predicted molar refractivity (Wildman–Crippen MR) is 113 cm³/mol. The third-order valence-electron chi connectivity index (χ3n) is 5.29. The molecule has 0 bridgehead atoms. The summed E-state index contributed by atoms with van der Waals surface area (Å²) >= 11 is 0. The monoisotopic (exact) mass is 348 g/mol. The second-order valence-corrected chi connectivity index (χ2v) is 7.84. The number of hydrogen-bond donors (Lipinski definition) is 0. The van der Waals surface area contributed by atoms with Crippen LogP contribution >= 0.6 is 0 Å². The van der Waals surface area contributed by atoms with Crippen LogP contribution in [0.25, 0.3) is 0 Å². The van der Waals surface area contributed by atoms with Gasteiger partial charge in [-0.3, -0.25) is 0 Å². The molecule has 1 nitrogen and oxygen atoms in total. The minimum Gasteiger partial charge on any atom is -0.198 e. The molecule has 1 heteroatoms. The third-order valence-corrected chi connectivity index (χ3v) is 5.29. The Kier molecular flexibility index (Phi) is 23.0. The average molecular weight is 349 g/mol. The molecule has 1 radical (unpaired) electrons. The van der Waals surface area contributed by atoms with Crippen LogP contribution in [0.15, 0.2) is 0 Å². The van der Waals surface area contributed by atoms with Crippen LogP contribution in [0.1, 0.15) is 142 Å². The molecule has 0 fully saturated rings. The maximum Gasteiger partial charge on any atom is 0.0669 e. The van der Waals surface area contributed by atoms with E-state index in [0.717, 1.165) is 6.42 Å². The molecule has 0 N–H and O–H groups in total. The van der Waals surface area contributed by atoms with Crippen molar-refractivity contribution in [3.05, 3.63) is 6.42 Å². The van der Waals surface area contributed by atoms with Crippen LogP contribution < -0.4 is 0 Å². The van der Waals surface area contributed by atoms with Gasteiger partial charge in [-0.2, -0.15) is 5.26 Å². The van der Waals surface area contributed by atoms with E-state index in [1.165, 1.54) is 128 Å².